The second-order valence-electron chi connectivity index (χ2n) is 2.20. The van der Waals surface area contributed by atoms with Crippen LogP contribution in [0, 0.1) is 0 Å². The van der Waals surface area contributed by atoms with Crippen LogP contribution >= 0.6 is 0 Å². The van der Waals surface area contributed by atoms with Gasteiger partial charge in [-0.15, -0.1) is 0 Å². The van der Waals surface area contributed by atoms with E-state index in [1.54, 1.807) is 14.0 Å². The summed E-state index contributed by atoms with van der Waals surface area (Å²) in [5, 5.41) is 0. The summed E-state index contributed by atoms with van der Waals surface area (Å²) >= 11 is 0. The molecule has 0 spiro atoms. The molecule has 0 rings (SSSR count). The van der Waals surface area contributed by atoms with Gasteiger partial charge in [-0.3, -0.25) is 10.5 Å². The molecule has 1 amide bonds. The zero-order valence-corrected chi connectivity index (χ0v) is 6.74. The minimum absolute atomic E-state index is 0.0830. The van der Waals surface area contributed by atoms with Crippen molar-refractivity contribution in [1.82, 2.24) is 0 Å². The minimum atomic E-state index is -1.03. The average Bonchev–Trinajstić information content (AvgIpc) is 1.99. The molecule has 0 saturated carbocycles. The molecule has 2 atom stereocenters. The third-order valence-electron chi connectivity index (χ3n) is 1.19. The van der Waals surface area contributed by atoms with E-state index >= 15 is 0 Å². The molecule has 0 aromatic rings. The van der Waals surface area contributed by atoms with Crippen LogP contribution in [0.5, 0.6) is 0 Å². The van der Waals surface area contributed by atoms with Crippen LogP contribution in [0.4, 0.5) is 0 Å². The molecule has 11 heavy (non-hydrogen) atoms. The molecular weight excluding hydrogens is 148 g/mol. The quantitative estimate of drug-likeness (QED) is 0.497. The van der Waals surface area contributed by atoms with Gasteiger partial charge in [-0.25, -0.2) is 0 Å². The Morgan fingerprint density at radius 3 is 2.55 bits per heavy atom. The standard InChI is InChI=1S/C6H14N2O3/c1-4(10-2)3-11-6(8)5(7)9/h4,6H,3,8H2,1-2H3,(H2,7,9). The van der Waals surface area contributed by atoms with Crippen LogP contribution < -0.4 is 11.5 Å². The summed E-state index contributed by atoms with van der Waals surface area (Å²) in [5.41, 5.74) is 10.0. The Morgan fingerprint density at radius 1 is 1.64 bits per heavy atom. The topological polar surface area (TPSA) is 87.6 Å². The lowest BCUT2D eigenvalue weighted by molar-refractivity contribution is -0.131. The first-order chi connectivity index (χ1) is 5.07. The van der Waals surface area contributed by atoms with Gasteiger partial charge in [-0.05, 0) is 6.92 Å². The van der Waals surface area contributed by atoms with Crippen molar-refractivity contribution < 1.29 is 14.3 Å². The van der Waals surface area contributed by atoms with Crippen LogP contribution in [0.1, 0.15) is 6.92 Å². The maximum atomic E-state index is 10.3. The monoisotopic (exact) mass is 162 g/mol. The van der Waals surface area contributed by atoms with Gasteiger partial charge in [0.15, 0.2) is 6.23 Å². The molecular formula is C6H14N2O3. The lowest BCUT2D eigenvalue weighted by Gasteiger charge is -2.12. The van der Waals surface area contributed by atoms with Crippen molar-refractivity contribution in [2.75, 3.05) is 13.7 Å². The van der Waals surface area contributed by atoms with Crippen LogP contribution in [0.25, 0.3) is 0 Å². The molecule has 0 aromatic heterocycles. The summed E-state index contributed by atoms with van der Waals surface area (Å²) in [7, 11) is 1.55. The van der Waals surface area contributed by atoms with Crippen LogP contribution in [0.3, 0.4) is 0 Å². The Labute approximate surface area is 65.6 Å². The average molecular weight is 162 g/mol. The number of carbonyl (C=O) groups is 1. The highest BCUT2D eigenvalue weighted by Crippen LogP contribution is 1.90. The number of methoxy groups -OCH3 is 1. The highest BCUT2D eigenvalue weighted by Gasteiger charge is 2.10. The molecule has 66 valence electrons. The molecule has 0 aliphatic rings. The first-order valence-corrected chi connectivity index (χ1v) is 3.27. The van der Waals surface area contributed by atoms with E-state index < -0.39 is 12.1 Å². The predicted octanol–water partition coefficient (Wildman–Crippen LogP) is -1.19. The van der Waals surface area contributed by atoms with E-state index in [0.717, 1.165) is 0 Å². The number of hydrogen-bond donors (Lipinski definition) is 2. The van der Waals surface area contributed by atoms with Crippen molar-refractivity contribution in [3.63, 3.8) is 0 Å². The fourth-order valence-corrected chi connectivity index (χ4v) is 0.389. The first-order valence-electron chi connectivity index (χ1n) is 3.27. The number of primary amides is 1. The normalized spacial score (nSPS) is 15.9. The van der Waals surface area contributed by atoms with Gasteiger partial charge in [-0.2, -0.15) is 0 Å². The van der Waals surface area contributed by atoms with Gasteiger partial charge in [-0.1, -0.05) is 0 Å². The molecule has 0 fully saturated rings. The van der Waals surface area contributed by atoms with E-state index in [1.807, 2.05) is 0 Å². The van der Waals surface area contributed by atoms with E-state index in [-0.39, 0.29) is 12.7 Å². The molecule has 0 aromatic carbocycles. The van der Waals surface area contributed by atoms with Gasteiger partial charge in [0.2, 0.25) is 0 Å². The van der Waals surface area contributed by atoms with Gasteiger partial charge in [0.1, 0.15) is 0 Å². The lowest BCUT2D eigenvalue weighted by Crippen LogP contribution is -2.40. The van der Waals surface area contributed by atoms with Crippen molar-refractivity contribution in [3.8, 4) is 0 Å². The van der Waals surface area contributed by atoms with Crippen molar-refractivity contribution in [1.29, 1.82) is 0 Å². The molecule has 0 bridgehead atoms. The number of nitrogens with two attached hydrogens (primary N) is 2. The second-order valence-corrected chi connectivity index (χ2v) is 2.20. The summed E-state index contributed by atoms with van der Waals surface area (Å²) in [6.07, 6.45) is -1.12. The first kappa shape index (κ1) is 10.3. The Bertz CT molecular complexity index is 129. The van der Waals surface area contributed by atoms with Gasteiger partial charge < -0.3 is 15.2 Å². The summed E-state index contributed by atoms with van der Waals surface area (Å²) in [6.45, 7) is 2.06. The zero-order valence-electron chi connectivity index (χ0n) is 6.74. The van der Waals surface area contributed by atoms with Crippen molar-refractivity contribution in [2.24, 2.45) is 11.5 Å². The van der Waals surface area contributed by atoms with Crippen molar-refractivity contribution in [3.05, 3.63) is 0 Å². The molecule has 0 saturated heterocycles. The van der Waals surface area contributed by atoms with E-state index in [1.165, 1.54) is 0 Å². The molecule has 0 radical (unpaired) electrons. The van der Waals surface area contributed by atoms with Crippen LogP contribution in [-0.4, -0.2) is 32.0 Å². The SMILES string of the molecule is COC(C)COC(N)C(N)=O. The molecule has 0 heterocycles. The second kappa shape index (κ2) is 5.06. The Balaban J connectivity index is 3.45. The molecule has 5 nitrogen and oxygen atoms in total. The summed E-state index contributed by atoms with van der Waals surface area (Å²) in [4.78, 5) is 10.3. The molecule has 0 aliphatic heterocycles. The number of ether oxygens (including phenoxy) is 2. The highest BCUT2D eigenvalue weighted by molar-refractivity contribution is 5.78. The Morgan fingerprint density at radius 2 is 2.18 bits per heavy atom. The largest absolute Gasteiger partial charge is 0.379 e. The maximum Gasteiger partial charge on any atom is 0.261 e. The van der Waals surface area contributed by atoms with Crippen molar-refractivity contribution in [2.45, 2.75) is 19.3 Å². The van der Waals surface area contributed by atoms with E-state index in [0.29, 0.717) is 0 Å². The van der Waals surface area contributed by atoms with Gasteiger partial charge >= 0.3 is 0 Å². The summed E-state index contributed by atoms with van der Waals surface area (Å²) in [5.74, 6) is -0.673. The zero-order chi connectivity index (χ0) is 8.85. The van der Waals surface area contributed by atoms with E-state index in [4.69, 9.17) is 20.9 Å². The van der Waals surface area contributed by atoms with Crippen LogP contribution in [-0.2, 0) is 14.3 Å². The molecule has 5 heteroatoms. The number of amides is 1. The fourth-order valence-electron chi connectivity index (χ4n) is 0.389. The summed E-state index contributed by atoms with van der Waals surface area (Å²) < 4.78 is 9.68. The fraction of sp³-hybridized carbons (Fsp3) is 0.833. The maximum absolute atomic E-state index is 10.3. The predicted molar refractivity (Wildman–Crippen MR) is 39.6 cm³/mol. The summed E-state index contributed by atoms with van der Waals surface area (Å²) in [6, 6.07) is 0. The van der Waals surface area contributed by atoms with Gasteiger partial charge in [0.25, 0.3) is 5.91 Å². The van der Waals surface area contributed by atoms with Crippen LogP contribution in [0.2, 0.25) is 0 Å². The number of hydrogen-bond acceptors (Lipinski definition) is 4. The highest BCUT2D eigenvalue weighted by atomic mass is 16.5. The number of carbonyl (C=O) groups excluding carboxylic acids is 1. The third-order valence-corrected chi connectivity index (χ3v) is 1.19. The van der Waals surface area contributed by atoms with E-state index in [2.05, 4.69) is 0 Å². The Kier molecular flexibility index (Phi) is 4.76. The van der Waals surface area contributed by atoms with E-state index in [9.17, 15) is 4.79 Å². The Hall–Kier alpha value is -0.650. The van der Waals surface area contributed by atoms with Gasteiger partial charge in [0.05, 0.1) is 12.7 Å². The lowest BCUT2D eigenvalue weighted by atomic mass is 10.4. The molecule has 4 N–H and O–H groups in total. The van der Waals surface area contributed by atoms with Crippen molar-refractivity contribution >= 4 is 5.91 Å². The molecule has 2 unspecified atom stereocenters. The van der Waals surface area contributed by atoms with Crippen LogP contribution in [0.15, 0.2) is 0 Å². The van der Waals surface area contributed by atoms with Gasteiger partial charge in [0, 0.05) is 7.11 Å². The molecule has 0 aliphatic carbocycles. The minimum Gasteiger partial charge on any atom is -0.379 e. The smallest absolute Gasteiger partial charge is 0.261 e. The number of rotatable bonds is 5. The third kappa shape index (κ3) is 4.72.